The van der Waals surface area contributed by atoms with Crippen LogP contribution >= 0.6 is 0 Å². The van der Waals surface area contributed by atoms with E-state index < -0.39 is 20.7 Å². The average Bonchev–Trinajstić information content (AvgIpc) is 3.07. The number of hydrogen-bond donors (Lipinski definition) is 3. The maximum Gasteiger partial charge on any atom is 1.00 e. The first-order valence-corrected chi connectivity index (χ1v) is 10.0. The number of hydrazine groups is 1. The van der Waals surface area contributed by atoms with Gasteiger partial charge >= 0.3 is 105 Å². The Labute approximate surface area is 262 Å². The van der Waals surface area contributed by atoms with Crippen molar-refractivity contribution in [3.05, 3.63) is 60.8 Å². The quantitative estimate of drug-likeness (QED) is 0.120. The summed E-state index contributed by atoms with van der Waals surface area (Å²) in [7, 11) is -7.63. The van der Waals surface area contributed by atoms with E-state index in [0.717, 1.165) is 22.5 Å². The van der Waals surface area contributed by atoms with Gasteiger partial charge in [0, 0.05) is 5.69 Å². The molecular weight excluding hydrogens is 525 g/mol. The second-order valence-electron chi connectivity index (χ2n) is 5.00. The summed E-state index contributed by atoms with van der Waals surface area (Å²) in [6, 6.07) is 14.9. The van der Waals surface area contributed by atoms with E-state index in [1.165, 1.54) is 12.1 Å². The summed E-state index contributed by atoms with van der Waals surface area (Å²) in [6.45, 7) is 0. The third kappa shape index (κ3) is 13.7. The summed E-state index contributed by atoms with van der Waals surface area (Å²) in [6.07, 6.45) is 2.84. The van der Waals surface area contributed by atoms with Gasteiger partial charge in [-0.1, -0.05) is 11.9 Å². The number of carbonyl (C=O) groups excluding carboxylic acids is 2. The molecule has 0 atom stereocenters. The number of benzene rings is 2. The van der Waals surface area contributed by atoms with Crippen molar-refractivity contribution < 1.29 is 129 Å². The van der Waals surface area contributed by atoms with Crippen LogP contribution < -0.4 is 99.5 Å². The molecule has 3 N–H and O–H groups in total. The summed E-state index contributed by atoms with van der Waals surface area (Å²) in [5, 5.41) is 14.1. The Hall–Kier alpha value is -1.04. The molecule has 164 valence electrons. The van der Waals surface area contributed by atoms with Crippen LogP contribution in [0.15, 0.2) is 53.4 Å². The van der Waals surface area contributed by atoms with Crippen molar-refractivity contribution in [2.45, 2.75) is 4.90 Å². The zero-order valence-electron chi connectivity index (χ0n) is 18.0. The molecule has 0 bridgehead atoms. The predicted octanol–water partition coefficient (Wildman–Crippen LogP) is -9.05. The summed E-state index contributed by atoms with van der Waals surface area (Å²) < 4.78 is 59.2. The second-order valence-corrected chi connectivity index (χ2v) is 6.78. The largest absolute Gasteiger partial charge is 1.00 e. The van der Waals surface area contributed by atoms with Crippen molar-refractivity contribution in [1.82, 2.24) is 9.78 Å². The Bertz CT molecular complexity index is 1240. The van der Waals surface area contributed by atoms with E-state index in [2.05, 4.69) is 28.2 Å². The molecule has 0 aliphatic rings. The molecule has 34 heavy (non-hydrogen) atoms. The predicted molar refractivity (Wildman–Crippen MR) is 99.3 cm³/mol. The maximum absolute atomic E-state index is 10.9. The summed E-state index contributed by atoms with van der Waals surface area (Å²) in [4.78, 5) is 15.9. The van der Waals surface area contributed by atoms with Crippen LogP contribution in [0, 0.1) is 12.3 Å². The first-order valence-electron chi connectivity index (χ1n) is 7.60. The molecule has 0 aliphatic heterocycles. The first-order chi connectivity index (χ1) is 14.6. The number of aromatic hydroxyl groups is 1. The van der Waals surface area contributed by atoms with Gasteiger partial charge in [-0.2, -0.15) is 27.8 Å². The number of rotatable bonds is 5. The molecule has 0 fully saturated rings. The van der Waals surface area contributed by atoms with Gasteiger partial charge in [0.25, 0.3) is 0 Å². The molecular formula is C16H11N4Na3O9S2. The molecule has 3 rings (SSSR count). The van der Waals surface area contributed by atoms with Gasteiger partial charge in [-0.15, -0.1) is 24.8 Å². The fraction of sp³-hybridized carbons (Fsp3) is 0. The molecule has 3 aromatic rings. The summed E-state index contributed by atoms with van der Waals surface area (Å²) >= 11 is 0. The molecule has 0 radical (unpaired) electrons. The fourth-order valence-electron chi connectivity index (χ4n) is 1.93. The molecule has 1 aromatic heterocycles. The van der Waals surface area contributed by atoms with Gasteiger partial charge in [0.15, 0.2) is 0 Å². The van der Waals surface area contributed by atoms with Crippen molar-refractivity contribution in [2.24, 2.45) is 0 Å². The van der Waals surface area contributed by atoms with E-state index in [9.17, 15) is 18.1 Å². The van der Waals surface area contributed by atoms with E-state index in [0.29, 0.717) is 5.69 Å². The number of hydrogen-bond acceptors (Lipinski definition) is 12. The number of nitrogens with one attached hydrogen (secondary N) is 2. The Kier molecular flexibility index (Phi) is 21.2. The van der Waals surface area contributed by atoms with Crippen molar-refractivity contribution in [3.63, 3.8) is 0 Å². The third-order valence-electron chi connectivity index (χ3n) is 3.11. The molecule has 2 aromatic carbocycles. The minimum atomic E-state index is -4.52. The molecule has 0 spiro atoms. The fourth-order valence-corrected chi connectivity index (χ4v) is 2.40. The Morgan fingerprint density at radius 2 is 1.44 bits per heavy atom. The first kappa shape index (κ1) is 37.5. The van der Waals surface area contributed by atoms with Crippen LogP contribution in [0.3, 0.4) is 0 Å². The van der Waals surface area contributed by atoms with Crippen molar-refractivity contribution in [2.75, 3.05) is 10.9 Å². The standard InChI is InChI=1S/C15H12N4O4S.CO2.3Na.O3S/c20-15-14(18-17-11-4-2-1-3-5-11)10-16-19(15)12-6-8-13(9-7-12)24(21,22)23;2-1-3;;;;1-4(2)3/h2-9,17-18,20H,(H,21,22,23);;;;;/q-2;;3*+1;/p-1. The minimum Gasteiger partial charge on any atom is -0.744 e. The molecule has 18 heteroatoms. The van der Waals surface area contributed by atoms with E-state index >= 15 is 0 Å². The third-order valence-corrected chi connectivity index (χ3v) is 3.96. The number of nitrogens with zero attached hydrogens (tertiary/aromatic N) is 2. The van der Waals surface area contributed by atoms with Crippen molar-refractivity contribution in [3.8, 4) is 11.6 Å². The maximum atomic E-state index is 10.9. The Balaban J connectivity index is -0.000000857. The normalized spacial score (nSPS) is 8.85. The van der Waals surface area contributed by atoms with E-state index in [1.807, 2.05) is 0 Å². The van der Waals surface area contributed by atoms with Crippen LogP contribution in [0.25, 0.3) is 5.69 Å². The van der Waals surface area contributed by atoms with E-state index in [4.69, 9.17) is 22.2 Å². The van der Waals surface area contributed by atoms with Crippen LogP contribution in [0.4, 0.5) is 11.4 Å². The van der Waals surface area contributed by atoms with Gasteiger partial charge in [0.05, 0.1) is 10.8 Å². The SMILES string of the molecule is O=C=O.O=S(=O)([O-])c1ccc(-n2n[c-]c(NNc3cc[c-]cc3)c2O)cc1.O=S(=O)=O.[Na+].[Na+].[Na+]. The molecule has 0 amide bonds. The Morgan fingerprint density at radius 3 is 1.88 bits per heavy atom. The van der Waals surface area contributed by atoms with Crippen LogP contribution in [0.1, 0.15) is 0 Å². The molecule has 1 heterocycles. The van der Waals surface area contributed by atoms with Crippen LogP contribution in [-0.4, -0.2) is 46.6 Å². The zero-order valence-corrected chi connectivity index (χ0v) is 25.7. The summed E-state index contributed by atoms with van der Waals surface area (Å²) in [5.74, 6) is -0.234. The van der Waals surface area contributed by atoms with Crippen molar-refractivity contribution >= 4 is 38.3 Å². The molecule has 13 nitrogen and oxygen atoms in total. The molecule has 0 unspecified atom stereocenters. The van der Waals surface area contributed by atoms with Gasteiger partial charge in [0.1, 0.15) is 10.1 Å². The van der Waals surface area contributed by atoms with Gasteiger partial charge < -0.3 is 20.5 Å². The monoisotopic (exact) mass is 536 g/mol. The van der Waals surface area contributed by atoms with Gasteiger partial charge in [0.2, 0.25) is 0 Å². The number of anilines is 2. The van der Waals surface area contributed by atoms with Crippen LogP contribution in [0.5, 0.6) is 5.88 Å². The molecule has 0 saturated heterocycles. The topological polar surface area (TPSA) is 205 Å². The number of aromatic nitrogens is 2. The summed E-state index contributed by atoms with van der Waals surface area (Å²) in [5.41, 5.74) is 6.94. The molecule has 0 aliphatic carbocycles. The van der Waals surface area contributed by atoms with Crippen molar-refractivity contribution in [1.29, 1.82) is 0 Å². The van der Waals surface area contributed by atoms with Gasteiger partial charge in [-0.05, 0) is 30.0 Å². The minimum absolute atomic E-state index is 0. The zero-order chi connectivity index (χ0) is 23.4. The van der Waals surface area contributed by atoms with E-state index in [-0.39, 0.29) is 111 Å². The van der Waals surface area contributed by atoms with Crippen LogP contribution in [0.2, 0.25) is 0 Å². The van der Waals surface area contributed by atoms with Gasteiger partial charge in [-0.3, -0.25) is 9.78 Å². The van der Waals surface area contributed by atoms with E-state index in [1.54, 1.807) is 24.3 Å². The second kappa shape index (κ2) is 19.2. The van der Waals surface area contributed by atoms with Gasteiger partial charge in [-0.25, -0.2) is 8.42 Å². The molecule has 0 saturated carbocycles. The van der Waals surface area contributed by atoms with Crippen LogP contribution in [-0.2, 0) is 30.3 Å². The smallest absolute Gasteiger partial charge is 0.744 e. The average molecular weight is 536 g/mol. The Morgan fingerprint density at radius 1 is 0.971 bits per heavy atom.